The van der Waals surface area contributed by atoms with Gasteiger partial charge in [0, 0.05) is 25.7 Å². The summed E-state index contributed by atoms with van der Waals surface area (Å²) in [6.45, 7) is 2.40. The van der Waals surface area contributed by atoms with Gasteiger partial charge in [0.15, 0.2) is 0 Å². The Morgan fingerprint density at radius 1 is 1.24 bits per heavy atom. The number of nitrogens with zero attached hydrogens (tertiary/aromatic N) is 3. The molecule has 0 N–H and O–H groups in total. The van der Waals surface area contributed by atoms with Crippen molar-refractivity contribution in [2.75, 3.05) is 19.6 Å². The lowest BCUT2D eigenvalue weighted by Gasteiger charge is -2.29. The van der Waals surface area contributed by atoms with Crippen LogP contribution in [0.5, 0.6) is 0 Å². The Morgan fingerprint density at radius 2 is 1.88 bits per heavy atom. The Labute approximate surface area is 103 Å². The van der Waals surface area contributed by atoms with Gasteiger partial charge in [-0.15, -0.1) is 0 Å². The monoisotopic (exact) mass is 235 g/mol. The van der Waals surface area contributed by atoms with Crippen LogP contribution in [0.3, 0.4) is 0 Å². The molecule has 94 valence electrons. The van der Waals surface area contributed by atoms with Crippen molar-refractivity contribution >= 4 is 6.03 Å². The lowest BCUT2D eigenvalue weighted by molar-refractivity contribution is 0.152. The zero-order valence-electron chi connectivity index (χ0n) is 10.4. The van der Waals surface area contributed by atoms with Gasteiger partial charge in [0.2, 0.25) is 0 Å². The summed E-state index contributed by atoms with van der Waals surface area (Å²) in [5.74, 6) is 0. The van der Waals surface area contributed by atoms with E-state index in [1.807, 2.05) is 9.80 Å². The predicted molar refractivity (Wildman–Crippen MR) is 65.4 cm³/mol. The predicted octanol–water partition coefficient (Wildman–Crippen LogP) is 2.36. The Bertz CT molecular complexity index is 298. The molecule has 1 heterocycles. The van der Waals surface area contributed by atoms with Crippen LogP contribution in [0.2, 0.25) is 0 Å². The molecule has 0 bridgehead atoms. The summed E-state index contributed by atoms with van der Waals surface area (Å²) in [6, 6.07) is 2.73. The minimum absolute atomic E-state index is 0.171. The molecule has 0 aromatic heterocycles. The van der Waals surface area contributed by atoms with E-state index < -0.39 is 0 Å². The first-order valence-electron chi connectivity index (χ1n) is 6.75. The second kappa shape index (κ2) is 5.90. The summed E-state index contributed by atoms with van der Waals surface area (Å²) in [5, 5.41) is 8.65. The van der Waals surface area contributed by atoms with Gasteiger partial charge < -0.3 is 9.80 Å². The van der Waals surface area contributed by atoms with Crippen LogP contribution in [-0.4, -0.2) is 41.5 Å². The zero-order valence-corrected chi connectivity index (χ0v) is 10.4. The third kappa shape index (κ3) is 3.36. The number of carbonyl (C=O) groups excluding carboxylic acids is 1. The van der Waals surface area contributed by atoms with Crippen LogP contribution in [-0.2, 0) is 0 Å². The summed E-state index contributed by atoms with van der Waals surface area (Å²) in [6.07, 6.45) is 7.42. The van der Waals surface area contributed by atoms with Gasteiger partial charge in [-0.05, 0) is 25.7 Å². The van der Waals surface area contributed by atoms with Crippen molar-refractivity contribution in [3.8, 4) is 6.07 Å². The van der Waals surface area contributed by atoms with Crippen molar-refractivity contribution in [1.29, 1.82) is 5.26 Å². The second-order valence-corrected chi connectivity index (χ2v) is 5.02. The minimum atomic E-state index is 0.171. The van der Waals surface area contributed by atoms with Crippen LogP contribution in [0, 0.1) is 11.3 Å². The molecule has 0 aromatic carbocycles. The molecular formula is C13H21N3O. The number of rotatable bonds is 3. The number of carbonyl (C=O) groups is 1. The number of likely N-dealkylation sites (tertiary alicyclic amines) is 1. The fourth-order valence-corrected chi connectivity index (χ4v) is 2.43. The maximum atomic E-state index is 12.4. The van der Waals surface area contributed by atoms with Crippen LogP contribution >= 0.6 is 0 Å². The molecule has 0 unspecified atom stereocenters. The van der Waals surface area contributed by atoms with E-state index in [2.05, 4.69) is 6.07 Å². The standard InChI is InChI=1S/C13H21N3O/c14-8-5-11-16(12-6-7-12)13(17)15-9-3-1-2-4-10-15/h12H,1-7,9-11H2. The maximum Gasteiger partial charge on any atom is 0.320 e. The smallest absolute Gasteiger partial charge is 0.320 e. The molecular weight excluding hydrogens is 214 g/mol. The van der Waals surface area contributed by atoms with Gasteiger partial charge in [-0.3, -0.25) is 0 Å². The largest absolute Gasteiger partial charge is 0.325 e. The highest BCUT2D eigenvalue weighted by Crippen LogP contribution is 2.28. The lowest BCUT2D eigenvalue weighted by atomic mass is 10.2. The average Bonchev–Trinajstić information content (AvgIpc) is 3.16. The van der Waals surface area contributed by atoms with E-state index in [-0.39, 0.29) is 6.03 Å². The van der Waals surface area contributed by atoms with Crippen molar-refractivity contribution < 1.29 is 4.79 Å². The topological polar surface area (TPSA) is 47.3 Å². The molecule has 4 heteroatoms. The molecule has 4 nitrogen and oxygen atoms in total. The highest BCUT2D eigenvalue weighted by molar-refractivity contribution is 5.75. The third-order valence-electron chi connectivity index (χ3n) is 3.57. The van der Waals surface area contributed by atoms with Crippen LogP contribution in [0.4, 0.5) is 4.79 Å². The number of hydrogen-bond donors (Lipinski definition) is 0. The van der Waals surface area contributed by atoms with Gasteiger partial charge in [0.25, 0.3) is 0 Å². The summed E-state index contributed by atoms with van der Waals surface area (Å²) in [7, 11) is 0. The minimum Gasteiger partial charge on any atom is -0.325 e. The summed E-state index contributed by atoms with van der Waals surface area (Å²) >= 11 is 0. The van der Waals surface area contributed by atoms with E-state index in [0.717, 1.165) is 38.8 Å². The van der Waals surface area contributed by atoms with E-state index in [1.54, 1.807) is 0 Å². The second-order valence-electron chi connectivity index (χ2n) is 5.02. The average molecular weight is 235 g/mol. The van der Waals surface area contributed by atoms with Crippen LogP contribution in [0.15, 0.2) is 0 Å². The van der Waals surface area contributed by atoms with Crippen molar-refractivity contribution in [1.82, 2.24) is 9.80 Å². The Hall–Kier alpha value is -1.24. The molecule has 0 radical (unpaired) electrons. The molecule has 1 saturated heterocycles. The van der Waals surface area contributed by atoms with Crippen molar-refractivity contribution in [3.63, 3.8) is 0 Å². The quantitative estimate of drug-likeness (QED) is 0.754. The number of nitriles is 1. The zero-order chi connectivity index (χ0) is 12.1. The fraction of sp³-hybridized carbons (Fsp3) is 0.846. The summed E-state index contributed by atoms with van der Waals surface area (Å²) in [5.41, 5.74) is 0. The molecule has 0 spiro atoms. The van der Waals surface area contributed by atoms with E-state index >= 15 is 0 Å². The van der Waals surface area contributed by atoms with Gasteiger partial charge >= 0.3 is 6.03 Å². The molecule has 1 aliphatic heterocycles. The van der Waals surface area contributed by atoms with E-state index in [9.17, 15) is 4.79 Å². The summed E-state index contributed by atoms with van der Waals surface area (Å²) < 4.78 is 0. The Balaban J connectivity index is 1.92. The molecule has 1 saturated carbocycles. The molecule has 0 aromatic rings. The number of amides is 2. The van der Waals surface area contributed by atoms with Crippen molar-refractivity contribution in [2.45, 2.75) is 51.0 Å². The van der Waals surface area contributed by atoms with Gasteiger partial charge in [-0.2, -0.15) is 5.26 Å². The van der Waals surface area contributed by atoms with Crippen LogP contribution in [0.1, 0.15) is 44.9 Å². The van der Waals surface area contributed by atoms with E-state index in [0.29, 0.717) is 19.0 Å². The summed E-state index contributed by atoms with van der Waals surface area (Å²) in [4.78, 5) is 16.3. The highest BCUT2D eigenvalue weighted by atomic mass is 16.2. The van der Waals surface area contributed by atoms with Gasteiger partial charge in [0.05, 0.1) is 12.5 Å². The van der Waals surface area contributed by atoms with Crippen molar-refractivity contribution in [3.05, 3.63) is 0 Å². The van der Waals surface area contributed by atoms with Gasteiger partial charge in [-0.1, -0.05) is 12.8 Å². The molecule has 2 aliphatic rings. The first-order valence-corrected chi connectivity index (χ1v) is 6.75. The molecule has 2 rings (SSSR count). The molecule has 0 atom stereocenters. The van der Waals surface area contributed by atoms with Gasteiger partial charge in [-0.25, -0.2) is 4.79 Å². The van der Waals surface area contributed by atoms with Gasteiger partial charge in [0.1, 0.15) is 0 Å². The Kier molecular flexibility index (Phi) is 4.24. The molecule has 2 fully saturated rings. The third-order valence-corrected chi connectivity index (χ3v) is 3.57. The highest BCUT2D eigenvalue weighted by Gasteiger charge is 2.34. The van der Waals surface area contributed by atoms with E-state index in [1.165, 1.54) is 12.8 Å². The molecule has 1 aliphatic carbocycles. The molecule has 17 heavy (non-hydrogen) atoms. The number of urea groups is 1. The first-order chi connectivity index (χ1) is 8.33. The van der Waals surface area contributed by atoms with E-state index in [4.69, 9.17) is 5.26 Å². The fourth-order valence-electron chi connectivity index (χ4n) is 2.43. The van der Waals surface area contributed by atoms with Crippen LogP contribution < -0.4 is 0 Å². The SMILES string of the molecule is N#CCCN(C(=O)N1CCCCCC1)C1CC1. The Morgan fingerprint density at radius 3 is 2.41 bits per heavy atom. The lowest BCUT2D eigenvalue weighted by Crippen LogP contribution is -2.45. The normalized spacial score (nSPS) is 20.5. The number of hydrogen-bond acceptors (Lipinski definition) is 2. The molecule has 2 amide bonds. The van der Waals surface area contributed by atoms with Crippen LogP contribution in [0.25, 0.3) is 0 Å². The first kappa shape index (κ1) is 12.2. The maximum absolute atomic E-state index is 12.4. The van der Waals surface area contributed by atoms with Crippen molar-refractivity contribution in [2.24, 2.45) is 0 Å².